The Kier molecular flexibility index (Phi) is 3.89. The summed E-state index contributed by atoms with van der Waals surface area (Å²) in [5, 5.41) is 3.24. The summed E-state index contributed by atoms with van der Waals surface area (Å²) < 4.78 is 0. The van der Waals surface area contributed by atoms with E-state index in [4.69, 9.17) is 0 Å². The van der Waals surface area contributed by atoms with Crippen molar-refractivity contribution >= 4 is 5.82 Å². The highest BCUT2D eigenvalue weighted by molar-refractivity contribution is 5.37. The lowest BCUT2D eigenvalue weighted by molar-refractivity contribution is 0.587. The number of nitrogens with one attached hydrogen (secondary N) is 1. The van der Waals surface area contributed by atoms with Crippen molar-refractivity contribution in [2.75, 3.05) is 11.9 Å². The maximum Gasteiger partial charge on any atom is 0.125 e. The first-order valence-electron chi connectivity index (χ1n) is 5.35. The zero-order valence-electron chi connectivity index (χ0n) is 9.88. The van der Waals surface area contributed by atoms with Gasteiger partial charge in [-0.25, -0.2) is 4.98 Å². The SMILES string of the molecule is C=CCCNc1ccc(C(C)(C)C)cn1. The third kappa shape index (κ3) is 3.74. The van der Waals surface area contributed by atoms with Crippen LogP contribution in [0.15, 0.2) is 31.0 Å². The minimum atomic E-state index is 0.173. The van der Waals surface area contributed by atoms with Crippen molar-refractivity contribution in [3.8, 4) is 0 Å². The minimum Gasteiger partial charge on any atom is -0.370 e. The van der Waals surface area contributed by atoms with E-state index in [-0.39, 0.29) is 5.41 Å². The number of hydrogen-bond acceptors (Lipinski definition) is 2. The van der Waals surface area contributed by atoms with E-state index in [1.807, 2.05) is 18.3 Å². The molecule has 0 amide bonds. The lowest BCUT2D eigenvalue weighted by Crippen LogP contribution is -2.12. The molecule has 1 rings (SSSR count). The molecule has 0 atom stereocenters. The molecule has 0 aliphatic carbocycles. The Morgan fingerprint density at radius 2 is 2.13 bits per heavy atom. The molecular formula is C13H20N2. The summed E-state index contributed by atoms with van der Waals surface area (Å²) in [6, 6.07) is 4.16. The second kappa shape index (κ2) is 4.96. The van der Waals surface area contributed by atoms with Gasteiger partial charge in [-0.1, -0.05) is 32.9 Å². The third-order valence-corrected chi connectivity index (χ3v) is 2.28. The van der Waals surface area contributed by atoms with Crippen molar-refractivity contribution in [2.24, 2.45) is 0 Å². The first-order valence-corrected chi connectivity index (χ1v) is 5.35. The summed E-state index contributed by atoms with van der Waals surface area (Å²) in [5.41, 5.74) is 1.43. The van der Waals surface area contributed by atoms with E-state index in [2.05, 4.69) is 43.7 Å². The molecule has 0 bridgehead atoms. The van der Waals surface area contributed by atoms with Gasteiger partial charge in [0.25, 0.3) is 0 Å². The Labute approximate surface area is 92.4 Å². The summed E-state index contributed by atoms with van der Waals surface area (Å²) in [6.45, 7) is 11.1. The van der Waals surface area contributed by atoms with E-state index < -0.39 is 0 Å². The van der Waals surface area contributed by atoms with Crippen LogP contribution in [0.1, 0.15) is 32.8 Å². The fraction of sp³-hybridized carbons (Fsp3) is 0.462. The lowest BCUT2D eigenvalue weighted by atomic mass is 9.88. The molecule has 0 saturated heterocycles. The molecular weight excluding hydrogens is 184 g/mol. The van der Waals surface area contributed by atoms with Crippen molar-refractivity contribution in [2.45, 2.75) is 32.6 Å². The molecule has 0 fully saturated rings. The molecule has 82 valence electrons. The van der Waals surface area contributed by atoms with E-state index in [1.165, 1.54) is 5.56 Å². The Bertz CT molecular complexity index is 306. The second-order valence-corrected chi connectivity index (χ2v) is 4.69. The topological polar surface area (TPSA) is 24.9 Å². The summed E-state index contributed by atoms with van der Waals surface area (Å²) in [4.78, 5) is 4.37. The van der Waals surface area contributed by atoms with Gasteiger partial charge in [0.15, 0.2) is 0 Å². The zero-order chi connectivity index (χ0) is 11.3. The largest absolute Gasteiger partial charge is 0.370 e. The normalized spacial score (nSPS) is 11.1. The fourth-order valence-corrected chi connectivity index (χ4v) is 1.24. The molecule has 1 N–H and O–H groups in total. The molecule has 1 heterocycles. The van der Waals surface area contributed by atoms with Crippen LogP contribution < -0.4 is 5.32 Å². The Morgan fingerprint density at radius 1 is 1.40 bits per heavy atom. The molecule has 0 saturated carbocycles. The Balaban J connectivity index is 2.60. The first kappa shape index (κ1) is 11.8. The molecule has 0 aromatic carbocycles. The van der Waals surface area contributed by atoms with Gasteiger partial charge >= 0.3 is 0 Å². The van der Waals surface area contributed by atoms with E-state index >= 15 is 0 Å². The van der Waals surface area contributed by atoms with Gasteiger partial charge in [0.2, 0.25) is 0 Å². The molecule has 15 heavy (non-hydrogen) atoms. The predicted molar refractivity (Wildman–Crippen MR) is 66.2 cm³/mol. The lowest BCUT2D eigenvalue weighted by Gasteiger charge is -2.18. The number of rotatable bonds is 4. The van der Waals surface area contributed by atoms with Crippen molar-refractivity contribution in [3.05, 3.63) is 36.5 Å². The van der Waals surface area contributed by atoms with Crippen molar-refractivity contribution < 1.29 is 0 Å². The highest BCUT2D eigenvalue weighted by Crippen LogP contribution is 2.21. The van der Waals surface area contributed by atoms with Gasteiger partial charge in [-0.2, -0.15) is 0 Å². The third-order valence-electron chi connectivity index (χ3n) is 2.28. The number of aromatic nitrogens is 1. The van der Waals surface area contributed by atoms with Crippen LogP contribution in [0.4, 0.5) is 5.82 Å². The number of pyridine rings is 1. The molecule has 0 aliphatic heterocycles. The van der Waals surface area contributed by atoms with Crippen LogP contribution in [0.2, 0.25) is 0 Å². The predicted octanol–water partition coefficient (Wildman–Crippen LogP) is 3.37. The molecule has 2 heteroatoms. The van der Waals surface area contributed by atoms with Gasteiger partial charge in [0.1, 0.15) is 5.82 Å². The smallest absolute Gasteiger partial charge is 0.125 e. The van der Waals surface area contributed by atoms with E-state index in [0.717, 1.165) is 18.8 Å². The van der Waals surface area contributed by atoms with Crippen LogP contribution in [0.5, 0.6) is 0 Å². The van der Waals surface area contributed by atoms with Gasteiger partial charge < -0.3 is 5.32 Å². The van der Waals surface area contributed by atoms with E-state index in [0.29, 0.717) is 0 Å². The molecule has 1 aromatic heterocycles. The van der Waals surface area contributed by atoms with Crippen molar-refractivity contribution in [3.63, 3.8) is 0 Å². The highest BCUT2D eigenvalue weighted by Gasteiger charge is 2.13. The Hall–Kier alpha value is -1.31. The molecule has 0 unspecified atom stereocenters. The van der Waals surface area contributed by atoms with E-state index in [9.17, 15) is 0 Å². The molecule has 1 aromatic rings. The van der Waals surface area contributed by atoms with Gasteiger partial charge in [-0.05, 0) is 23.5 Å². The molecule has 0 spiro atoms. The van der Waals surface area contributed by atoms with Gasteiger partial charge in [0, 0.05) is 12.7 Å². The second-order valence-electron chi connectivity index (χ2n) is 4.69. The maximum atomic E-state index is 4.37. The number of nitrogens with zero attached hydrogens (tertiary/aromatic N) is 1. The maximum absolute atomic E-state index is 4.37. The van der Waals surface area contributed by atoms with Crippen molar-refractivity contribution in [1.29, 1.82) is 0 Å². The number of hydrogen-bond donors (Lipinski definition) is 1. The highest BCUT2D eigenvalue weighted by atomic mass is 15.0. The monoisotopic (exact) mass is 204 g/mol. The van der Waals surface area contributed by atoms with E-state index in [1.54, 1.807) is 0 Å². The molecule has 0 aliphatic rings. The molecule has 2 nitrogen and oxygen atoms in total. The minimum absolute atomic E-state index is 0.173. The van der Waals surface area contributed by atoms with Gasteiger partial charge in [-0.15, -0.1) is 6.58 Å². The van der Waals surface area contributed by atoms with Gasteiger partial charge in [0.05, 0.1) is 0 Å². The summed E-state index contributed by atoms with van der Waals surface area (Å²) in [5.74, 6) is 0.935. The standard InChI is InChI=1S/C13H20N2/c1-5-6-9-14-12-8-7-11(10-15-12)13(2,3)4/h5,7-8,10H,1,6,9H2,2-4H3,(H,14,15). The summed E-state index contributed by atoms with van der Waals surface area (Å²) in [6.07, 6.45) is 4.80. The van der Waals surface area contributed by atoms with Crippen LogP contribution in [0.3, 0.4) is 0 Å². The van der Waals surface area contributed by atoms with Crippen LogP contribution in [-0.2, 0) is 5.41 Å². The average molecular weight is 204 g/mol. The average Bonchev–Trinajstić information content (AvgIpc) is 2.18. The van der Waals surface area contributed by atoms with Gasteiger partial charge in [-0.3, -0.25) is 0 Å². The fourth-order valence-electron chi connectivity index (χ4n) is 1.24. The quantitative estimate of drug-likeness (QED) is 0.601. The van der Waals surface area contributed by atoms with Crippen LogP contribution in [0, 0.1) is 0 Å². The Morgan fingerprint density at radius 3 is 2.60 bits per heavy atom. The first-order chi connectivity index (χ1) is 7.04. The molecule has 0 radical (unpaired) electrons. The summed E-state index contributed by atoms with van der Waals surface area (Å²) in [7, 11) is 0. The van der Waals surface area contributed by atoms with Crippen LogP contribution in [0.25, 0.3) is 0 Å². The van der Waals surface area contributed by atoms with Crippen molar-refractivity contribution in [1.82, 2.24) is 4.98 Å². The number of anilines is 1. The zero-order valence-corrected chi connectivity index (χ0v) is 9.88. The summed E-state index contributed by atoms with van der Waals surface area (Å²) >= 11 is 0. The van der Waals surface area contributed by atoms with Crippen LogP contribution >= 0.6 is 0 Å². The van der Waals surface area contributed by atoms with Crippen LogP contribution in [-0.4, -0.2) is 11.5 Å².